The molecule has 0 amide bonds. The fraction of sp³-hybridized carbons (Fsp3) is 0. The molecule has 0 aliphatic carbocycles. The van der Waals surface area contributed by atoms with Crippen LogP contribution in [-0.2, 0) is 0 Å². The summed E-state index contributed by atoms with van der Waals surface area (Å²) in [4.78, 5) is 20.2. The van der Waals surface area contributed by atoms with Crippen LogP contribution in [0.2, 0.25) is 0 Å². The van der Waals surface area contributed by atoms with Crippen LogP contribution in [-0.4, -0.2) is 9.85 Å². The summed E-state index contributed by atoms with van der Waals surface area (Å²) >= 11 is 0. The molecular formula is C15H9N3O4. The van der Waals surface area contributed by atoms with Crippen molar-refractivity contribution in [3.63, 3.8) is 0 Å². The Hall–Kier alpha value is -3.53. The van der Waals surface area contributed by atoms with Gasteiger partial charge >= 0.3 is 0 Å². The average Bonchev–Trinajstić information content (AvgIpc) is 2.53. The van der Waals surface area contributed by atoms with Crippen molar-refractivity contribution in [3.8, 4) is 6.07 Å². The maximum Gasteiger partial charge on any atom is 0.269 e. The Labute approximate surface area is 125 Å². The molecule has 7 heteroatoms. The van der Waals surface area contributed by atoms with Gasteiger partial charge in [-0.3, -0.25) is 20.2 Å². The number of nitro benzene ring substituents is 2. The van der Waals surface area contributed by atoms with Gasteiger partial charge in [0, 0.05) is 24.3 Å². The summed E-state index contributed by atoms with van der Waals surface area (Å²) in [6.45, 7) is 0. The Bertz CT molecular complexity index is 787. The highest BCUT2D eigenvalue weighted by Gasteiger charge is 2.08. The van der Waals surface area contributed by atoms with Crippen molar-refractivity contribution in [2.45, 2.75) is 0 Å². The predicted molar refractivity (Wildman–Crippen MR) is 79.7 cm³/mol. The smallest absolute Gasteiger partial charge is 0.258 e. The number of nitro groups is 2. The van der Waals surface area contributed by atoms with Crippen molar-refractivity contribution in [1.29, 1.82) is 5.26 Å². The highest BCUT2D eigenvalue weighted by molar-refractivity contribution is 5.89. The topological polar surface area (TPSA) is 110 Å². The molecule has 108 valence electrons. The molecule has 0 bridgehead atoms. The molecule has 2 aromatic rings. The van der Waals surface area contributed by atoms with E-state index in [1.165, 1.54) is 48.5 Å². The van der Waals surface area contributed by atoms with Crippen LogP contribution in [0.3, 0.4) is 0 Å². The minimum absolute atomic E-state index is 0.0361. The molecule has 0 unspecified atom stereocenters. The van der Waals surface area contributed by atoms with Gasteiger partial charge in [-0.25, -0.2) is 0 Å². The number of rotatable bonds is 4. The summed E-state index contributed by atoms with van der Waals surface area (Å²) < 4.78 is 0. The van der Waals surface area contributed by atoms with Crippen molar-refractivity contribution >= 4 is 23.0 Å². The molecule has 0 spiro atoms. The first-order chi connectivity index (χ1) is 10.5. The Morgan fingerprint density at radius 2 is 1.36 bits per heavy atom. The molecule has 0 heterocycles. The number of allylic oxidation sites excluding steroid dienone is 1. The van der Waals surface area contributed by atoms with E-state index in [0.717, 1.165) is 0 Å². The molecule has 0 aromatic heterocycles. The number of non-ortho nitro benzene ring substituents is 2. The zero-order valence-corrected chi connectivity index (χ0v) is 11.2. The second-order valence-electron chi connectivity index (χ2n) is 4.32. The van der Waals surface area contributed by atoms with Crippen molar-refractivity contribution in [2.75, 3.05) is 0 Å². The first-order valence-electron chi connectivity index (χ1n) is 6.12. The maximum atomic E-state index is 10.6. The van der Waals surface area contributed by atoms with Crippen LogP contribution >= 0.6 is 0 Å². The average molecular weight is 295 g/mol. The minimum atomic E-state index is -0.518. The van der Waals surface area contributed by atoms with Crippen LogP contribution in [0.4, 0.5) is 11.4 Å². The zero-order valence-electron chi connectivity index (χ0n) is 11.2. The Morgan fingerprint density at radius 3 is 1.77 bits per heavy atom. The molecule has 0 aliphatic rings. The van der Waals surface area contributed by atoms with Crippen molar-refractivity contribution < 1.29 is 9.85 Å². The third-order valence-corrected chi connectivity index (χ3v) is 2.92. The molecular weight excluding hydrogens is 286 g/mol. The van der Waals surface area contributed by atoms with Crippen LogP contribution in [0.25, 0.3) is 11.6 Å². The lowest BCUT2D eigenvalue weighted by Gasteiger charge is -2.00. The summed E-state index contributed by atoms with van der Waals surface area (Å²) in [5.41, 5.74) is 1.37. The first-order valence-corrected chi connectivity index (χ1v) is 6.12. The molecule has 0 atom stereocenters. The van der Waals surface area contributed by atoms with Crippen LogP contribution in [0, 0.1) is 31.6 Å². The lowest BCUT2D eigenvalue weighted by molar-refractivity contribution is -0.385. The fourth-order valence-corrected chi connectivity index (χ4v) is 1.80. The molecule has 0 saturated heterocycles. The van der Waals surface area contributed by atoms with E-state index in [-0.39, 0.29) is 11.4 Å². The monoisotopic (exact) mass is 295 g/mol. The Morgan fingerprint density at radius 1 is 0.909 bits per heavy atom. The largest absolute Gasteiger partial charge is 0.269 e. The molecule has 0 radical (unpaired) electrons. The molecule has 0 fully saturated rings. The van der Waals surface area contributed by atoms with Crippen LogP contribution in [0.5, 0.6) is 0 Å². The lowest BCUT2D eigenvalue weighted by Crippen LogP contribution is -1.89. The van der Waals surface area contributed by atoms with Crippen LogP contribution < -0.4 is 0 Å². The van der Waals surface area contributed by atoms with Crippen LogP contribution in [0.15, 0.2) is 48.5 Å². The summed E-state index contributed by atoms with van der Waals surface area (Å²) in [7, 11) is 0. The SMILES string of the molecule is N#CC(=Cc1ccc([N+](=O)[O-])cc1)c1ccc([N+](=O)[O-])cc1. The molecule has 7 nitrogen and oxygen atoms in total. The van der Waals surface area contributed by atoms with Gasteiger partial charge in [-0.1, -0.05) is 0 Å². The predicted octanol–water partition coefficient (Wildman–Crippen LogP) is 3.57. The van der Waals surface area contributed by atoms with Gasteiger partial charge in [-0.05, 0) is 41.5 Å². The highest BCUT2D eigenvalue weighted by Crippen LogP contribution is 2.21. The number of hydrogen-bond acceptors (Lipinski definition) is 5. The van der Waals surface area contributed by atoms with Crippen molar-refractivity contribution in [2.24, 2.45) is 0 Å². The summed E-state index contributed by atoms with van der Waals surface area (Å²) in [6, 6.07) is 13.4. The van der Waals surface area contributed by atoms with E-state index in [1.807, 2.05) is 6.07 Å². The normalized spacial score (nSPS) is 10.8. The molecule has 0 saturated carbocycles. The van der Waals surface area contributed by atoms with Gasteiger partial charge < -0.3 is 0 Å². The molecule has 2 aromatic carbocycles. The first kappa shape index (κ1) is 14.9. The fourth-order valence-electron chi connectivity index (χ4n) is 1.80. The van der Waals surface area contributed by atoms with Gasteiger partial charge in [-0.2, -0.15) is 5.26 Å². The minimum Gasteiger partial charge on any atom is -0.258 e. The Balaban J connectivity index is 2.32. The molecule has 0 N–H and O–H groups in total. The summed E-state index contributed by atoms with van der Waals surface area (Å²) in [5.74, 6) is 0. The van der Waals surface area contributed by atoms with Gasteiger partial charge in [-0.15, -0.1) is 0 Å². The number of benzene rings is 2. The second-order valence-corrected chi connectivity index (χ2v) is 4.32. The van der Waals surface area contributed by atoms with E-state index in [1.54, 1.807) is 6.08 Å². The van der Waals surface area contributed by atoms with E-state index in [4.69, 9.17) is 0 Å². The van der Waals surface area contributed by atoms with Crippen LogP contribution in [0.1, 0.15) is 11.1 Å². The van der Waals surface area contributed by atoms with Gasteiger partial charge in [0.25, 0.3) is 11.4 Å². The zero-order chi connectivity index (χ0) is 16.1. The van der Waals surface area contributed by atoms with E-state index in [2.05, 4.69) is 0 Å². The summed E-state index contributed by atoms with van der Waals surface area (Å²) in [6.07, 6.45) is 1.56. The maximum absolute atomic E-state index is 10.6. The third-order valence-electron chi connectivity index (χ3n) is 2.92. The quantitative estimate of drug-likeness (QED) is 0.370. The standard InChI is InChI=1S/C15H9N3O4/c16-10-13(12-3-7-15(8-4-12)18(21)22)9-11-1-5-14(6-2-11)17(19)20/h1-9H. The lowest BCUT2D eigenvalue weighted by atomic mass is 10.0. The molecule has 2 rings (SSSR count). The van der Waals surface area contributed by atoms with Gasteiger partial charge in [0.1, 0.15) is 0 Å². The van der Waals surface area contributed by atoms with Crippen molar-refractivity contribution in [3.05, 3.63) is 79.9 Å². The second kappa shape index (κ2) is 6.28. The molecule has 0 aliphatic heterocycles. The van der Waals surface area contributed by atoms with Crippen molar-refractivity contribution in [1.82, 2.24) is 0 Å². The number of nitriles is 1. The summed E-state index contributed by atoms with van der Waals surface area (Å²) in [5, 5.41) is 30.4. The third kappa shape index (κ3) is 3.32. The Kier molecular flexibility index (Phi) is 4.24. The van der Waals surface area contributed by atoms with E-state index in [9.17, 15) is 25.5 Å². The van der Waals surface area contributed by atoms with Gasteiger partial charge in [0.15, 0.2) is 0 Å². The number of hydrogen-bond donors (Lipinski definition) is 0. The van der Waals surface area contributed by atoms with Gasteiger partial charge in [0.2, 0.25) is 0 Å². The van der Waals surface area contributed by atoms with E-state index in [0.29, 0.717) is 16.7 Å². The van der Waals surface area contributed by atoms with E-state index >= 15 is 0 Å². The molecule has 22 heavy (non-hydrogen) atoms. The van der Waals surface area contributed by atoms with E-state index < -0.39 is 9.85 Å². The highest BCUT2D eigenvalue weighted by atomic mass is 16.6. The van der Waals surface area contributed by atoms with Gasteiger partial charge in [0.05, 0.1) is 21.5 Å². The number of nitrogens with zero attached hydrogens (tertiary/aromatic N) is 3.